The molecule has 1 aromatic carbocycles. The molecule has 4 heteroatoms. The van der Waals surface area contributed by atoms with Gasteiger partial charge in [-0.2, -0.15) is 4.39 Å². The van der Waals surface area contributed by atoms with Gasteiger partial charge in [0.25, 0.3) is 0 Å². The van der Waals surface area contributed by atoms with Crippen molar-refractivity contribution in [3.8, 4) is 11.5 Å². The second kappa shape index (κ2) is 6.24. The van der Waals surface area contributed by atoms with Crippen LogP contribution in [0.25, 0.3) is 0 Å². The van der Waals surface area contributed by atoms with Crippen LogP contribution in [0.3, 0.4) is 0 Å². The Morgan fingerprint density at radius 3 is 2.32 bits per heavy atom. The summed E-state index contributed by atoms with van der Waals surface area (Å²) in [6, 6.07) is 3.52. The zero-order valence-corrected chi connectivity index (χ0v) is 13.6. The number of halogens is 1. The van der Waals surface area contributed by atoms with E-state index in [1.165, 1.54) is 0 Å². The summed E-state index contributed by atoms with van der Waals surface area (Å²) in [4.78, 5) is 0. The first-order valence-electron chi connectivity index (χ1n) is 6.50. The minimum atomic E-state index is -1.36. The standard InChI is InChI=1S/C15H23FO2Si/c1-7-8-17-12-9-11(15(2,3)4)10-13(14(12)16)18-19(5)6/h7,9-10,19H,1,8H2,2-6H3. The van der Waals surface area contributed by atoms with Crippen molar-refractivity contribution in [3.05, 3.63) is 36.2 Å². The van der Waals surface area contributed by atoms with Crippen molar-refractivity contribution in [2.45, 2.75) is 39.3 Å². The zero-order chi connectivity index (χ0) is 14.6. The predicted octanol–water partition coefficient (Wildman–Crippen LogP) is 4.05. The number of ether oxygens (including phenoxy) is 1. The van der Waals surface area contributed by atoms with Crippen molar-refractivity contribution in [2.24, 2.45) is 0 Å². The average Bonchev–Trinajstić information content (AvgIpc) is 2.28. The molecular formula is C15H23FO2Si. The fourth-order valence-electron chi connectivity index (χ4n) is 1.60. The highest BCUT2D eigenvalue weighted by Crippen LogP contribution is 2.34. The molecule has 0 atom stereocenters. The summed E-state index contributed by atoms with van der Waals surface area (Å²) in [5, 5.41) is 0. The molecule has 1 aromatic rings. The zero-order valence-electron chi connectivity index (χ0n) is 12.4. The van der Waals surface area contributed by atoms with Gasteiger partial charge in [0.15, 0.2) is 5.75 Å². The molecule has 0 heterocycles. The summed E-state index contributed by atoms with van der Waals surface area (Å²) < 4.78 is 25.3. The Labute approximate surface area is 117 Å². The van der Waals surface area contributed by atoms with Gasteiger partial charge in [0.05, 0.1) is 0 Å². The van der Waals surface area contributed by atoms with E-state index in [0.717, 1.165) is 5.56 Å². The largest absolute Gasteiger partial charge is 0.545 e. The smallest absolute Gasteiger partial charge is 0.229 e. The first-order chi connectivity index (χ1) is 8.75. The Morgan fingerprint density at radius 2 is 1.84 bits per heavy atom. The van der Waals surface area contributed by atoms with E-state index in [9.17, 15) is 4.39 Å². The second-order valence-electron chi connectivity index (χ2n) is 5.80. The second-order valence-corrected chi connectivity index (χ2v) is 8.14. The maximum Gasteiger partial charge on any atom is 0.229 e. The van der Waals surface area contributed by atoms with Gasteiger partial charge in [-0.1, -0.05) is 33.4 Å². The molecule has 0 aliphatic carbocycles. The highest BCUT2D eigenvalue weighted by Gasteiger charge is 2.21. The van der Waals surface area contributed by atoms with Gasteiger partial charge in [0.1, 0.15) is 12.4 Å². The van der Waals surface area contributed by atoms with Gasteiger partial charge in [-0.15, -0.1) is 0 Å². The Balaban J connectivity index is 3.25. The molecule has 1 rings (SSSR count). The number of hydrogen-bond acceptors (Lipinski definition) is 2. The van der Waals surface area contributed by atoms with E-state index in [1.807, 2.05) is 13.1 Å². The lowest BCUT2D eigenvalue weighted by Crippen LogP contribution is -2.16. The monoisotopic (exact) mass is 282 g/mol. The number of hydrogen-bond donors (Lipinski definition) is 0. The average molecular weight is 282 g/mol. The fourth-order valence-corrected chi connectivity index (χ4v) is 2.28. The van der Waals surface area contributed by atoms with Gasteiger partial charge in [-0.3, -0.25) is 0 Å². The van der Waals surface area contributed by atoms with Gasteiger partial charge in [-0.05, 0) is 36.2 Å². The lowest BCUT2D eigenvalue weighted by Gasteiger charge is -2.22. The van der Waals surface area contributed by atoms with Crippen molar-refractivity contribution in [1.29, 1.82) is 0 Å². The third-order valence-electron chi connectivity index (χ3n) is 2.59. The van der Waals surface area contributed by atoms with Crippen LogP contribution >= 0.6 is 0 Å². The van der Waals surface area contributed by atoms with Crippen molar-refractivity contribution in [1.82, 2.24) is 0 Å². The molecule has 2 nitrogen and oxygen atoms in total. The van der Waals surface area contributed by atoms with Gasteiger partial charge in [0, 0.05) is 0 Å². The molecule has 0 amide bonds. The SMILES string of the molecule is C=CCOc1cc(C(C)(C)C)cc(O[SiH](C)C)c1F. The third-order valence-corrected chi connectivity index (χ3v) is 3.32. The molecule has 0 bridgehead atoms. The molecule has 19 heavy (non-hydrogen) atoms. The topological polar surface area (TPSA) is 18.5 Å². The molecule has 0 aliphatic rings. The summed E-state index contributed by atoms with van der Waals surface area (Å²) in [5.41, 5.74) is 0.911. The molecule has 0 N–H and O–H groups in total. The highest BCUT2D eigenvalue weighted by atomic mass is 28.3. The van der Waals surface area contributed by atoms with E-state index in [4.69, 9.17) is 9.16 Å². The van der Waals surface area contributed by atoms with Crippen LogP contribution in [0.5, 0.6) is 11.5 Å². The van der Waals surface area contributed by atoms with Crippen LogP contribution in [0.1, 0.15) is 26.3 Å². The van der Waals surface area contributed by atoms with E-state index >= 15 is 0 Å². The summed E-state index contributed by atoms with van der Waals surface area (Å²) in [7, 11) is -1.36. The molecule has 0 spiro atoms. The number of rotatable bonds is 5. The van der Waals surface area contributed by atoms with E-state index < -0.39 is 14.9 Å². The molecule has 0 unspecified atom stereocenters. The van der Waals surface area contributed by atoms with Gasteiger partial charge < -0.3 is 9.16 Å². The van der Waals surface area contributed by atoms with E-state index in [0.29, 0.717) is 5.75 Å². The highest BCUT2D eigenvalue weighted by molar-refractivity contribution is 6.49. The van der Waals surface area contributed by atoms with Gasteiger partial charge in [-0.25, -0.2) is 0 Å². The first kappa shape index (κ1) is 15.8. The quantitative estimate of drug-likeness (QED) is 0.599. The summed E-state index contributed by atoms with van der Waals surface area (Å²) in [6.45, 7) is 14.1. The van der Waals surface area contributed by atoms with Crippen LogP contribution in [-0.4, -0.2) is 15.6 Å². The molecule has 0 saturated heterocycles. The normalized spacial score (nSPS) is 11.5. The summed E-state index contributed by atoms with van der Waals surface area (Å²) >= 11 is 0. The van der Waals surface area contributed by atoms with Crippen molar-refractivity contribution in [2.75, 3.05) is 6.61 Å². The minimum Gasteiger partial charge on any atom is -0.545 e. The lowest BCUT2D eigenvalue weighted by molar-refractivity contribution is 0.334. The van der Waals surface area contributed by atoms with Gasteiger partial charge >= 0.3 is 0 Å². The minimum absolute atomic E-state index is 0.0867. The number of benzene rings is 1. The third kappa shape index (κ3) is 4.38. The summed E-state index contributed by atoms with van der Waals surface area (Å²) in [5.74, 6) is 0.112. The van der Waals surface area contributed by atoms with E-state index in [-0.39, 0.29) is 17.8 Å². The van der Waals surface area contributed by atoms with Crippen LogP contribution in [0, 0.1) is 5.82 Å². The fraction of sp³-hybridized carbons (Fsp3) is 0.467. The van der Waals surface area contributed by atoms with Crippen LogP contribution in [0.4, 0.5) is 4.39 Å². The summed E-state index contributed by atoms with van der Waals surface area (Å²) in [6.07, 6.45) is 1.60. The van der Waals surface area contributed by atoms with E-state index in [1.54, 1.807) is 18.2 Å². The van der Waals surface area contributed by atoms with Crippen LogP contribution < -0.4 is 9.16 Å². The van der Waals surface area contributed by atoms with Crippen molar-refractivity contribution >= 4 is 9.04 Å². The van der Waals surface area contributed by atoms with Gasteiger partial charge in [0.2, 0.25) is 14.9 Å². The molecule has 0 aromatic heterocycles. The molecular weight excluding hydrogens is 259 g/mol. The van der Waals surface area contributed by atoms with Crippen LogP contribution in [0.2, 0.25) is 13.1 Å². The lowest BCUT2D eigenvalue weighted by atomic mass is 9.87. The maximum atomic E-state index is 14.3. The maximum absolute atomic E-state index is 14.3. The Morgan fingerprint density at radius 1 is 1.26 bits per heavy atom. The Kier molecular flexibility index (Phi) is 5.17. The molecule has 0 aliphatic heterocycles. The first-order valence-corrected chi connectivity index (χ1v) is 9.28. The predicted molar refractivity (Wildman–Crippen MR) is 80.3 cm³/mol. The molecule has 0 saturated carbocycles. The van der Waals surface area contributed by atoms with Crippen LogP contribution in [0.15, 0.2) is 24.8 Å². The Hall–Kier alpha value is -1.29. The molecule has 0 radical (unpaired) electrons. The van der Waals surface area contributed by atoms with E-state index in [2.05, 4.69) is 27.4 Å². The Bertz CT molecular complexity index is 450. The van der Waals surface area contributed by atoms with Crippen molar-refractivity contribution < 1.29 is 13.6 Å². The molecule has 106 valence electrons. The molecule has 0 fully saturated rings. The van der Waals surface area contributed by atoms with Crippen molar-refractivity contribution in [3.63, 3.8) is 0 Å². The van der Waals surface area contributed by atoms with Crippen LogP contribution in [-0.2, 0) is 5.41 Å².